The van der Waals surface area contributed by atoms with Gasteiger partial charge in [0.05, 0.1) is 24.1 Å². The SMILES string of the molecule is C[C@@H](O)[C@H]1C(=O)N2C(C(=O)O)=C(S[C@H]3CCCN[C@H]3C(=O)N(C)C)C[C@H]12. The maximum absolute atomic E-state index is 12.5. The molecule has 0 aromatic heterocycles. The highest BCUT2D eigenvalue weighted by atomic mass is 32.2. The van der Waals surface area contributed by atoms with E-state index in [9.17, 15) is 24.6 Å². The molecule has 3 aliphatic heterocycles. The molecule has 0 saturated carbocycles. The number of hydrogen-bond donors (Lipinski definition) is 3. The number of β-lactam (4-membered cyclic amide) rings is 1. The van der Waals surface area contributed by atoms with Gasteiger partial charge in [0.15, 0.2) is 0 Å². The third-order valence-corrected chi connectivity index (χ3v) is 6.75. The van der Waals surface area contributed by atoms with E-state index >= 15 is 0 Å². The van der Waals surface area contributed by atoms with E-state index in [0.717, 1.165) is 19.4 Å². The second kappa shape index (κ2) is 7.21. The standard InChI is InChI=1S/C17H25N3O5S/c1-8(21)12-9-7-11(14(17(24)25)20(9)15(12)22)26-10-5-4-6-18-13(10)16(23)19(2)3/h8-10,12-13,18,21H,4-7H2,1-3H3,(H,24,25)/t8-,9-,10+,12-,13-/m1/s1. The van der Waals surface area contributed by atoms with Crippen LogP contribution in [0.3, 0.4) is 0 Å². The van der Waals surface area contributed by atoms with Crippen molar-refractivity contribution in [3.63, 3.8) is 0 Å². The highest BCUT2D eigenvalue weighted by Crippen LogP contribution is 2.48. The molecule has 0 aromatic rings. The average Bonchev–Trinajstić information content (AvgIpc) is 2.88. The first-order valence-electron chi connectivity index (χ1n) is 8.82. The number of carbonyl (C=O) groups excluding carboxylic acids is 2. The summed E-state index contributed by atoms with van der Waals surface area (Å²) in [7, 11) is 3.41. The number of amides is 2. The number of aliphatic hydroxyl groups is 1. The fraction of sp³-hybridized carbons (Fsp3) is 0.706. The van der Waals surface area contributed by atoms with Crippen molar-refractivity contribution >= 4 is 29.5 Å². The maximum atomic E-state index is 12.5. The lowest BCUT2D eigenvalue weighted by Crippen LogP contribution is -2.61. The van der Waals surface area contributed by atoms with Gasteiger partial charge in [0.1, 0.15) is 5.70 Å². The molecule has 0 aromatic carbocycles. The van der Waals surface area contributed by atoms with E-state index in [2.05, 4.69) is 5.32 Å². The summed E-state index contributed by atoms with van der Waals surface area (Å²) in [6.45, 7) is 2.31. The molecular formula is C17H25N3O5S. The van der Waals surface area contributed by atoms with Crippen molar-refractivity contribution in [1.82, 2.24) is 15.1 Å². The van der Waals surface area contributed by atoms with E-state index in [1.165, 1.54) is 21.6 Å². The van der Waals surface area contributed by atoms with Crippen molar-refractivity contribution in [3.8, 4) is 0 Å². The molecule has 0 aliphatic carbocycles. The number of aliphatic carboxylic acids is 1. The second-order valence-electron chi connectivity index (χ2n) is 7.29. The van der Waals surface area contributed by atoms with Gasteiger partial charge in [-0.1, -0.05) is 0 Å². The molecule has 0 unspecified atom stereocenters. The Morgan fingerprint density at radius 3 is 2.65 bits per heavy atom. The molecule has 144 valence electrons. The third kappa shape index (κ3) is 3.12. The second-order valence-corrected chi connectivity index (χ2v) is 8.62. The summed E-state index contributed by atoms with van der Waals surface area (Å²) in [5.74, 6) is -2.04. The van der Waals surface area contributed by atoms with Crippen LogP contribution in [-0.2, 0) is 14.4 Å². The largest absolute Gasteiger partial charge is 0.477 e. The number of piperidine rings is 1. The Balaban J connectivity index is 1.83. The molecule has 0 spiro atoms. The minimum atomic E-state index is -1.13. The summed E-state index contributed by atoms with van der Waals surface area (Å²) in [6, 6.07) is -0.668. The zero-order valence-corrected chi connectivity index (χ0v) is 16.0. The van der Waals surface area contributed by atoms with Gasteiger partial charge in [0, 0.05) is 30.7 Å². The van der Waals surface area contributed by atoms with Gasteiger partial charge in [0.25, 0.3) is 0 Å². The lowest BCUT2D eigenvalue weighted by molar-refractivity contribution is -0.161. The van der Waals surface area contributed by atoms with Gasteiger partial charge < -0.3 is 25.3 Å². The smallest absolute Gasteiger partial charge is 0.353 e. The van der Waals surface area contributed by atoms with Crippen molar-refractivity contribution in [2.24, 2.45) is 5.92 Å². The molecule has 3 heterocycles. The lowest BCUT2D eigenvalue weighted by Gasteiger charge is -2.44. The molecule has 2 saturated heterocycles. The van der Waals surface area contributed by atoms with Gasteiger partial charge in [-0.15, -0.1) is 11.8 Å². The summed E-state index contributed by atoms with van der Waals surface area (Å²) in [5.41, 5.74) is 0.0172. The number of likely N-dealkylation sites (N-methyl/N-ethyl adjacent to an activating group) is 1. The van der Waals surface area contributed by atoms with Crippen LogP contribution < -0.4 is 5.32 Å². The fourth-order valence-electron chi connectivity index (χ4n) is 4.03. The van der Waals surface area contributed by atoms with Crippen LogP contribution in [0.15, 0.2) is 10.6 Å². The minimum absolute atomic E-state index is 0.0172. The molecule has 8 nitrogen and oxygen atoms in total. The molecular weight excluding hydrogens is 358 g/mol. The number of nitrogens with zero attached hydrogens (tertiary/aromatic N) is 2. The Labute approximate surface area is 156 Å². The fourth-order valence-corrected chi connectivity index (χ4v) is 5.59. The van der Waals surface area contributed by atoms with E-state index in [-0.39, 0.29) is 34.8 Å². The van der Waals surface area contributed by atoms with Crippen LogP contribution in [0.1, 0.15) is 26.2 Å². The van der Waals surface area contributed by atoms with Crippen LogP contribution in [-0.4, -0.2) is 81.9 Å². The predicted molar refractivity (Wildman–Crippen MR) is 96.2 cm³/mol. The number of carbonyl (C=O) groups is 3. The number of thioether (sulfide) groups is 1. The van der Waals surface area contributed by atoms with Crippen LogP contribution in [0, 0.1) is 5.92 Å². The molecule has 2 fully saturated rings. The topological polar surface area (TPSA) is 110 Å². The summed E-state index contributed by atoms with van der Waals surface area (Å²) in [6.07, 6.45) is 1.33. The lowest BCUT2D eigenvalue weighted by atomic mass is 9.83. The summed E-state index contributed by atoms with van der Waals surface area (Å²) in [5, 5.41) is 22.6. The Kier molecular flexibility index (Phi) is 5.32. The van der Waals surface area contributed by atoms with Crippen molar-refractivity contribution in [1.29, 1.82) is 0 Å². The number of carboxylic acid groups (broad SMARTS) is 1. The number of fused-ring (bicyclic) bond motifs is 1. The third-order valence-electron chi connectivity index (χ3n) is 5.29. The van der Waals surface area contributed by atoms with Gasteiger partial charge in [-0.2, -0.15) is 0 Å². The van der Waals surface area contributed by atoms with E-state index in [4.69, 9.17) is 0 Å². The van der Waals surface area contributed by atoms with Gasteiger partial charge in [0.2, 0.25) is 11.8 Å². The van der Waals surface area contributed by atoms with E-state index in [1.54, 1.807) is 21.0 Å². The van der Waals surface area contributed by atoms with Crippen LogP contribution in [0.2, 0.25) is 0 Å². The Morgan fingerprint density at radius 1 is 1.38 bits per heavy atom. The first kappa shape index (κ1) is 19.2. The highest BCUT2D eigenvalue weighted by Gasteiger charge is 2.57. The normalized spacial score (nSPS) is 32.2. The van der Waals surface area contributed by atoms with Crippen molar-refractivity contribution in [2.45, 2.75) is 49.6 Å². The summed E-state index contributed by atoms with van der Waals surface area (Å²) < 4.78 is 0. The van der Waals surface area contributed by atoms with Crippen molar-refractivity contribution in [3.05, 3.63) is 10.6 Å². The first-order chi connectivity index (χ1) is 12.2. The summed E-state index contributed by atoms with van der Waals surface area (Å²) in [4.78, 5) is 40.0. The Morgan fingerprint density at radius 2 is 2.08 bits per heavy atom. The quantitative estimate of drug-likeness (QED) is 0.566. The Bertz CT molecular complexity index is 663. The zero-order valence-electron chi connectivity index (χ0n) is 15.1. The molecule has 3 N–H and O–H groups in total. The van der Waals surface area contributed by atoms with Crippen LogP contribution in [0.25, 0.3) is 0 Å². The van der Waals surface area contributed by atoms with Crippen LogP contribution in [0.5, 0.6) is 0 Å². The molecule has 0 bridgehead atoms. The van der Waals surface area contributed by atoms with E-state index in [0.29, 0.717) is 11.3 Å². The van der Waals surface area contributed by atoms with Crippen molar-refractivity contribution < 1.29 is 24.6 Å². The number of nitrogens with one attached hydrogen (secondary N) is 1. The number of rotatable bonds is 5. The monoisotopic (exact) mass is 383 g/mol. The molecule has 2 amide bonds. The molecule has 5 atom stereocenters. The van der Waals surface area contributed by atoms with Gasteiger partial charge in [-0.05, 0) is 26.3 Å². The molecule has 3 rings (SSSR count). The van der Waals surface area contributed by atoms with Gasteiger partial charge in [-0.25, -0.2) is 4.79 Å². The predicted octanol–water partition coefficient (Wildman–Crippen LogP) is -0.164. The number of carboxylic acids is 1. The first-order valence-corrected chi connectivity index (χ1v) is 9.70. The average molecular weight is 383 g/mol. The van der Waals surface area contributed by atoms with Crippen LogP contribution in [0.4, 0.5) is 0 Å². The summed E-state index contributed by atoms with van der Waals surface area (Å²) >= 11 is 1.39. The number of aliphatic hydroxyl groups excluding tert-OH is 1. The highest BCUT2D eigenvalue weighted by molar-refractivity contribution is 8.03. The van der Waals surface area contributed by atoms with Gasteiger partial charge >= 0.3 is 5.97 Å². The molecule has 3 aliphatic rings. The minimum Gasteiger partial charge on any atom is -0.477 e. The maximum Gasteiger partial charge on any atom is 0.353 e. The zero-order chi connectivity index (χ0) is 19.2. The number of hydrogen-bond acceptors (Lipinski definition) is 6. The Hall–Kier alpha value is -1.58. The van der Waals surface area contributed by atoms with E-state index in [1.807, 2.05) is 0 Å². The molecule has 26 heavy (non-hydrogen) atoms. The molecule has 9 heteroatoms. The van der Waals surface area contributed by atoms with Gasteiger partial charge in [-0.3, -0.25) is 9.59 Å². The van der Waals surface area contributed by atoms with E-state index < -0.39 is 18.0 Å². The van der Waals surface area contributed by atoms with Crippen LogP contribution >= 0.6 is 11.8 Å². The van der Waals surface area contributed by atoms with Crippen molar-refractivity contribution in [2.75, 3.05) is 20.6 Å². The molecule has 0 radical (unpaired) electrons.